The number of thioether (sulfide) groups is 1. The predicted octanol–water partition coefficient (Wildman–Crippen LogP) is 2.11. The van der Waals surface area contributed by atoms with E-state index in [0.717, 1.165) is 23.6 Å². The number of aliphatic imine (C=N–C) groups is 1. The van der Waals surface area contributed by atoms with E-state index < -0.39 is 0 Å². The molecule has 15 heavy (non-hydrogen) atoms. The van der Waals surface area contributed by atoms with Gasteiger partial charge < -0.3 is 10.1 Å². The molecule has 1 aliphatic heterocycles. The summed E-state index contributed by atoms with van der Waals surface area (Å²) in [6.45, 7) is 5.96. The molecule has 1 N–H and O–H groups in total. The number of hydrogen-bond acceptors (Lipinski definition) is 3. The molecule has 0 aliphatic carbocycles. The molecular weight excluding hydrogens is 276 g/mol. The number of halogens is 1. The van der Waals surface area contributed by atoms with Crippen LogP contribution in [0.25, 0.3) is 0 Å². The smallest absolute Gasteiger partial charge is 0.157 e. The summed E-state index contributed by atoms with van der Waals surface area (Å²) >= 11 is 5.34. The van der Waals surface area contributed by atoms with Gasteiger partial charge in [0.2, 0.25) is 0 Å². The van der Waals surface area contributed by atoms with Crippen molar-refractivity contribution in [2.45, 2.75) is 25.1 Å². The standard InChI is InChI=1S/C10H19BrN2OS/c1-7(6-14-3)5-12-10-13-8(2)9(4-11)15-10/h7-9H,4-6H2,1-3H3,(H,12,13). The molecule has 0 aromatic heterocycles. The maximum Gasteiger partial charge on any atom is 0.157 e. The van der Waals surface area contributed by atoms with Crippen molar-refractivity contribution in [2.24, 2.45) is 10.9 Å². The summed E-state index contributed by atoms with van der Waals surface area (Å²) in [6.07, 6.45) is 0. The Morgan fingerprint density at radius 2 is 2.40 bits per heavy atom. The second-order valence-corrected chi connectivity index (χ2v) is 5.83. The van der Waals surface area contributed by atoms with Gasteiger partial charge in [-0.15, -0.1) is 0 Å². The van der Waals surface area contributed by atoms with E-state index in [0.29, 0.717) is 17.2 Å². The summed E-state index contributed by atoms with van der Waals surface area (Å²) in [4.78, 5) is 4.56. The monoisotopic (exact) mass is 294 g/mol. The first-order valence-electron chi connectivity index (χ1n) is 5.20. The van der Waals surface area contributed by atoms with Crippen LogP contribution < -0.4 is 5.32 Å². The van der Waals surface area contributed by atoms with Gasteiger partial charge in [0.1, 0.15) is 0 Å². The van der Waals surface area contributed by atoms with Crippen LogP contribution in [0.15, 0.2) is 4.99 Å². The van der Waals surface area contributed by atoms with E-state index in [1.165, 1.54) is 0 Å². The molecule has 5 heteroatoms. The maximum absolute atomic E-state index is 5.08. The van der Waals surface area contributed by atoms with Gasteiger partial charge in [-0.1, -0.05) is 34.6 Å². The van der Waals surface area contributed by atoms with Crippen LogP contribution in [0.5, 0.6) is 0 Å². The molecule has 0 spiro atoms. The SMILES string of the molecule is COCC(C)CN=C1NC(C)C(CBr)S1. The topological polar surface area (TPSA) is 33.6 Å². The molecule has 1 aliphatic rings. The number of methoxy groups -OCH3 is 1. The van der Waals surface area contributed by atoms with Crippen molar-refractivity contribution in [1.29, 1.82) is 0 Å². The number of hydrogen-bond donors (Lipinski definition) is 1. The fourth-order valence-electron chi connectivity index (χ4n) is 1.39. The number of nitrogens with zero attached hydrogens (tertiary/aromatic N) is 1. The Balaban J connectivity index is 2.35. The van der Waals surface area contributed by atoms with Crippen molar-refractivity contribution < 1.29 is 4.74 Å². The number of nitrogens with one attached hydrogen (secondary N) is 1. The number of amidine groups is 1. The third kappa shape index (κ3) is 4.33. The van der Waals surface area contributed by atoms with Crippen LogP contribution >= 0.6 is 27.7 Å². The zero-order chi connectivity index (χ0) is 11.3. The van der Waals surface area contributed by atoms with Crippen molar-refractivity contribution in [3.8, 4) is 0 Å². The Hall–Kier alpha value is 0.260. The second kappa shape index (κ2) is 6.76. The van der Waals surface area contributed by atoms with Crippen LogP contribution in [-0.4, -0.2) is 42.1 Å². The summed E-state index contributed by atoms with van der Waals surface area (Å²) in [6, 6.07) is 0.505. The van der Waals surface area contributed by atoms with Crippen molar-refractivity contribution >= 4 is 32.9 Å². The normalized spacial score (nSPS) is 30.5. The van der Waals surface area contributed by atoms with Gasteiger partial charge in [-0.05, 0) is 12.8 Å². The maximum atomic E-state index is 5.08. The predicted molar refractivity (Wildman–Crippen MR) is 71.1 cm³/mol. The first-order valence-corrected chi connectivity index (χ1v) is 7.20. The van der Waals surface area contributed by atoms with Gasteiger partial charge in [0.05, 0.1) is 6.61 Å². The Morgan fingerprint density at radius 1 is 1.67 bits per heavy atom. The van der Waals surface area contributed by atoms with E-state index >= 15 is 0 Å². The fraction of sp³-hybridized carbons (Fsp3) is 0.900. The minimum Gasteiger partial charge on any atom is -0.384 e. The van der Waals surface area contributed by atoms with Crippen LogP contribution in [0.2, 0.25) is 0 Å². The highest BCUT2D eigenvalue weighted by Gasteiger charge is 2.27. The first-order chi connectivity index (χ1) is 7.17. The van der Waals surface area contributed by atoms with Crippen LogP contribution in [-0.2, 0) is 4.74 Å². The van der Waals surface area contributed by atoms with Gasteiger partial charge in [0.25, 0.3) is 0 Å². The van der Waals surface area contributed by atoms with Gasteiger partial charge in [-0.3, -0.25) is 4.99 Å². The van der Waals surface area contributed by atoms with Gasteiger partial charge in [-0.25, -0.2) is 0 Å². The molecule has 88 valence electrons. The third-order valence-electron chi connectivity index (χ3n) is 2.32. The zero-order valence-corrected chi connectivity index (χ0v) is 11.9. The Kier molecular flexibility index (Phi) is 6.00. The van der Waals surface area contributed by atoms with E-state index in [-0.39, 0.29) is 0 Å². The summed E-state index contributed by atoms with van der Waals surface area (Å²) in [5.74, 6) is 0.489. The van der Waals surface area contributed by atoms with Crippen molar-refractivity contribution in [1.82, 2.24) is 5.32 Å². The van der Waals surface area contributed by atoms with E-state index in [1.807, 2.05) is 11.8 Å². The molecule has 0 bridgehead atoms. The molecule has 3 unspecified atom stereocenters. The molecule has 0 amide bonds. The summed E-state index contributed by atoms with van der Waals surface area (Å²) in [5, 5.41) is 6.08. The lowest BCUT2D eigenvalue weighted by Gasteiger charge is -2.08. The molecule has 0 radical (unpaired) electrons. The molecule has 1 saturated heterocycles. The summed E-state index contributed by atoms with van der Waals surface area (Å²) < 4.78 is 5.08. The number of alkyl halides is 1. The average Bonchev–Trinajstić information content (AvgIpc) is 2.56. The van der Waals surface area contributed by atoms with Crippen molar-refractivity contribution in [3.05, 3.63) is 0 Å². The minimum atomic E-state index is 0.489. The van der Waals surface area contributed by atoms with Crippen molar-refractivity contribution in [2.75, 3.05) is 25.6 Å². The van der Waals surface area contributed by atoms with Crippen LogP contribution in [0.1, 0.15) is 13.8 Å². The lowest BCUT2D eigenvalue weighted by molar-refractivity contribution is 0.163. The highest BCUT2D eigenvalue weighted by Crippen LogP contribution is 2.24. The molecule has 0 aromatic rings. The first kappa shape index (κ1) is 13.3. The molecule has 0 aromatic carbocycles. The Morgan fingerprint density at radius 3 is 2.93 bits per heavy atom. The summed E-state index contributed by atoms with van der Waals surface area (Å²) in [7, 11) is 1.73. The van der Waals surface area contributed by atoms with E-state index in [9.17, 15) is 0 Å². The van der Waals surface area contributed by atoms with Crippen LogP contribution in [0.4, 0.5) is 0 Å². The second-order valence-electron chi connectivity index (χ2n) is 3.95. The number of rotatable bonds is 5. The van der Waals surface area contributed by atoms with Crippen molar-refractivity contribution in [3.63, 3.8) is 0 Å². The minimum absolute atomic E-state index is 0.489. The van der Waals surface area contributed by atoms with Gasteiger partial charge in [-0.2, -0.15) is 0 Å². The number of ether oxygens (including phenoxy) is 1. The van der Waals surface area contributed by atoms with Gasteiger partial charge in [0.15, 0.2) is 5.17 Å². The van der Waals surface area contributed by atoms with Crippen LogP contribution in [0, 0.1) is 5.92 Å². The molecule has 1 rings (SSSR count). The highest BCUT2D eigenvalue weighted by atomic mass is 79.9. The molecular formula is C10H19BrN2OS. The van der Waals surface area contributed by atoms with E-state index in [2.05, 4.69) is 40.1 Å². The molecule has 3 nitrogen and oxygen atoms in total. The molecule has 1 fully saturated rings. The Bertz CT molecular complexity index is 225. The lowest BCUT2D eigenvalue weighted by Crippen LogP contribution is -2.29. The highest BCUT2D eigenvalue weighted by molar-refractivity contribution is 9.09. The van der Waals surface area contributed by atoms with Gasteiger partial charge in [0, 0.05) is 30.3 Å². The molecule has 3 atom stereocenters. The molecule has 0 saturated carbocycles. The quantitative estimate of drug-likeness (QED) is 0.789. The molecule has 1 heterocycles. The zero-order valence-electron chi connectivity index (χ0n) is 9.50. The Labute approximate surface area is 105 Å². The third-order valence-corrected chi connectivity index (χ3v) is 4.80. The van der Waals surface area contributed by atoms with Gasteiger partial charge >= 0.3 is 0 Å². The van der Waals surface area contributed by atoms with Crippen LogP contribution in [0.3, 0.4) is 0 Å². The fourth-order valence-corrected chi connectivity index (χ4v) is 3.37. The lowest BCUT2D eigenvalue weighted by atomic mass is 10.2. The van der Waals surface area contributed by atoms with E-state index in [4.69, 9.17) is 4.74 Å². The largest absolute Gasteiger partial charge is 0.384 e. The summed E-state index contributed by atoms with van der Waals surface area (Å²) in [5.41, 5.74) is 0. The van der Waals surface area contributed by atoms with E-state index in [1.54, 1.807) is 7.11 Å². The average molecular weight is 295 g/mol.